The van der Waals surface area contributed by atoms with Crippen molar-refractivity contribution in [1.82, 2.24) is 14.8 Å². The smallest absolute Gasteiger partial charge is 0.271 e. The highest BCUT2D eigenvalue weighted by Gasteiger charge is 2.48. The number of aromatic nitrogens is 1. The summed E-state index contributed by atoms with van der Waals surface area (Å²) in [5.74, 6) is -0.310. The molecule has 1 fully saturated rings. The molecule has 0 bridgehead atoms. The molecule has 5 rings (SSSR count). The maximum Gasteiger partial charge on any atom is 0.271 e. The first kappa shape index (κ1) is 20.2. The summed E-state index contributed by atoms with van der Waals surface area (Å²) in [5.41, 5.74) is 1.78. The summed E-state index contributed by atoms with van der Waals surface area (Å²) in [6, 6.07) is 11.2. The number of fused-ring (bicyclic) bond motifs is 3. The fourth-order valence-corrected chi connectivity index (χ4v) is 5.10. The molecule has 1 aromatic carbocycles. The Labute approximate surface area is 186 Å². The summed E-state index contributed by atoms with van der Waals surface area (Å²) in [5, 5.41) is 3.83. The van der Waals surface area contributed by atoms with E-state index in [-0.39, 0.29) is 24.4 Å². The van der Waals surface area contributed by atoms with E-state index in [1.54, 1.807) is 23.3 Å². The lowest BCUT2D eigenvalue weighted by molar-refractivity contribution is -0.134. The second kappa shape index (κ2) is 7.75. The zero-order valence-corrected chi connectivity index (χ0v) is 18.3. The van der Waals surface area contributed by atoms with E-state index in [0.717, 1.165) is 36.8 Å². The zero-order valence-electron chi connectivity index (χ0n) is 17.6. The minimum Gasteiger partial charge on any atom is -0.463 e. The van der Waals surface area contributed by atoms with E-state index >= 15 is 0 Å². The highest BCUT2D eigenvalue weighted by atomic mass is 35.5. The van der Waals surface area contributed by atoms with Gasteiger partial charge in [-0.25, -0.2) is 0 Å². The molecule has 2 amide bonds. The number of amides is 2. The van der Waals surface area contributed by atoms with Gasteiger partial charge in [0, 0.05) is 29.7 Å². The number of hydrogen-bond acceptors (Lipinski definition) is 3. The number of nitrogens with zero attached hydrogens (tertiary/aromatic N) is 2. The summed E-state index contributed by atoms with van der Waals surface area (Å²) in [4.78, 5) is 29.0. The van der Waals surface area contributed by atoms with E-state index in [4.69, 9.17) is 16.0 Å². The monoisotopic (exact) mass is 439 g/mol. The van der Waals surface area contributed by atoms with Crippen molar-refractivity contribution in [2.75, 3.05) is 0 Å². The highest BCUT2D eigenvalue weighted by Crippen LogP contribution is 2.35. The lowest BCUT2D eigenvalue weighted by Gasteiger charge is -2.45. The SMILES string of the molecule is C[C@@]1(C(=O)NC2CCCCC2)Cn2c(cc3occc32)C(=O)N1Cc1ccccc1Cl. The van der Waals surface area contributed by atoms with E-state index in [1.165, 1.54) is 6.42 Å². The quantitative estimate of drug-likeness (QED) is 0.637. The molecule has 0 unspecified atom stereocenters. The van der Waals surface area contributed by atoms with Crippen molar-refractivity contribution in [3.05, 3.63) is 58.9 Å². The van der Waals surface area contributed by atoms with Crippen LogP contribution in [0.5, 0.6) is 0 Å². The zero-order chi connectivity index (χ0) is 21.6. The number of hydrogen-bond donors (Lipinski definition) is 1. The summed E-state index contributed by atoms with van der Waals surface area (Å²) in [6.45, 7) is 2.48. The fraction of sp³-hybridized carbons (Fsp3) is 0.417. The Morgan fingerprint density at radius 1 is 1.23 bits per heavy atom. The first-order chi connectivity index (χ1) is 15.0. The fourth-order valence-electron chi connectivity index (χ4n) is 4.91. The molecule has 0 radical (unpaired) electrons. The number of rotatable bonds is 4. The molecule has 3 heterocycles. The molecule has 7 heteroatoms. The van der Waals surface area contributed by atoms with E-state index in [9.17, 15) is 9.59 Å². The number of carbonyl (C=O) groups is 2. The molecule has 1 atom stereocenters. The van der Waals surface area contributed by atoms with Gasteiger partial charge in [0.15, 0.2) is 5.58 Å². The molecule has 1 saturated carbocycles. The third-order valence-corrected chi connectivity index (χ3v) is 7.13. The molecule has 1 N–H and O–H groups in total. The van der Waals surface area contributed by atoms with Crippen LogP contribution < -0.4 is 5.32 Å². The molecule has 6 nitrogen and oxygen atoms in total. The third-order valence-electron chi connectivity index (χ3n) is 6.76. The van der Waals surface area contributed by atoms with Gasteiger partial charge in [-0.3, -0.25) is 9.59 Å². The summed E-state index contributed by atoms with van der Waals surface area (Å²) < 4.78 is 7.44. The Morgan fingerprint density at radius 3 is 2.77 bits per heavy atom. The van der Waals surface area contributed by atoms with Crippen molar-refractivity contribution in [2.45, 2.75) is 63.7 Å². The Bertz CT molecular complexity index is 1140. The number of nitrogens with one attached hydrogen (secondary N) is 1. The van der Waals surface area contributed by atoms with Crippen molar-refractivity contribution >= 4 is 34.5 Å². The van der Waals surface area contributed by atoms with Gasteiger partial charge in [0.2, 0.25) is 5.91 Å². The first-order valence-corrected chi connectivity index (χ1v) is 11.3. The Kier molecular flexibility index (Phi) is 5.05. The number of carbonyl (C=O) groups excluding carboxylic acids is 2. The molecule has 0 spiro atoms. The van der Waals surface area contributed by atoms with E-state index in [1.807, 2.05) is 35.8 Å². The van der Waals surface area contributed by atoms with Gasteiger partial charge in [0.1, 0.15) is 11.2 Å². The minimum absolute atomic E-state index is 0.115. The lowest BCUT2D eigenvalue weighted by Crippen LogP contribution is -2.64. The van der Waals surface area contributed by atoms with Crippen LogP contribution in [0.3, 0.4) is 0 Å². The van der Waals surface area contributed by atoms with Crippen LogP contribution in [-0.4, -0.2) is 32.9 Å². The third kappa shape index (κ3) is 3.43. The van der Waals surface area contributed by atoms with Crippen LogP contribution in [0.1, 0.15) is 55.1 Å². The van der Waals surface area contributed by atoms with Crippen LogP contribution in [-0.2, 0) is 17.9 Å². The van der Waals surface area contributed by atoms with Crippen LogP contribution in [0.25, 0.3) is 11.1 Å². The molecule has 0 saturated heterocycles. The average Bonchev–Trinajstić information content (AvgIpc) is 3.35. The molecule has 162 valence electrons. The molecule has 31 heavy (non-hydrogen) atoms. The maximum absolute atomic E-state index is 13.7. The van der Waals surface area contributed by atoms with Crippen molar-refractivity contribution < 1.29 is 14.0 Å². The van der Waals surface area contributed by atoms with Crippen LogP contribution in [0, 0.1) is 0 Å². The normalized spacial score (nSPS) is 22.0. The Balaban J connectivity index is 1.54. The topological polar surface area (TPSA) is 67.5 Å². The van der Waals surface area contributed by atoms with Crippen LogP contribution in [0.15, 0.2) is 47.1 Å². The second-order valence-electron chi connectivity index (χ2n) is 8.85. The summed E-state index contributed by atoms with van der Waals surface area (Å²) in [7, 11) is 0. The Morgan fingerprint density at radius 2 is 2.00 bits per heavy atom. The van der Waals surface area contributed by atoms with Gasteiger partial charge in [0.25, 0.3) is 5.91 Å². The Hall–Kier alpha value is -2.73. The maximum atomic E-state index is 13.7. The standard InChI is InChI=1S/C24H26ClN3O3/c1-24(23(30)26-17-8-3-2-4-9-17)15-27-19-11-12-31-21(19)13-20(27)22(29)28(24)14-16-7-5-6-10-18(16)25/h5-7,10-13,17H,2-4,8-9,14-15H2,1H3,(H,26,30)/t24-/m0/s1. The van der Waals surface area contributed by atoms with Crippen molar-refractivity contribution in [3.63, 3.8) is 0 Å². The predicted octanol–water partition coefficient (Wildman–Crippen LogP) is 4.75. The van der Waals surface area contributed by atoms with E-state index in [0.29, 0.717) is 22.8 Å². The second-order valence-corrected chi connectivity index (χ2v) is 9.26. The van der Waals surface area contributed by atoms with Gasteiger partial charge >= 0.3 is 0 Å². The van der Waals surface area contributed by atoms with Gasteiger partial charge in [-0.2, -0.15) is 0 Å². The van der Waals surface area contributed by atoms with Crippen LogP contribution in [0.2, 0.25) is 5.02 Å². The number of furan rings is 1. The van der Waals surface area contributed by atoms with Crippen LogP contribution >= 0.6 is 11.6 Å². The largest absolute Gasteiger partial charge is 0.463 e. The van der Waals surface area contributed by atoms with Crippen molar-refractivity contribution in [3.8, 4) is 0 Å². The summed E-state index contributed by atoms with van der Waals surface area (Å²) >= 11 is 6.41. The van der Waals surface area contributed by atoms with Crippen LogP contribution in [0.4, 0.5) is 0 Å². The molecular weight excluding hydrogens is 414 g/mol. The van der Waals surface area contributed by atoms with Crippen molar-refractivity contribution in [1.29, 1.82) is 0 Å². The van der Waals surface area contributed by atoms with E-state index in [2.05, 4.69) is 5.32 Å². The minimum atomic E-state index is -1.05. The number of benzene rings is 1. The lowest BCUT2D eigenvalue weighted by atomic mass is 9.91. The van der Waals surface area contributed by atoms with Crippen molar-refractivity contribution in [2.24, 2.45) is 0 Å². The van der Waals surface area contributed by atoms with Gasteiger partial charge in [-0.1, -0.05) is 49.1 Å². The average molecular weight is 440 g/mol. The van der Waals surface area contributed by atoms with Gasteiger partial charge in [0.05, 0.1) is 18.3 Å². The number of halogens is 1. The predicted molar refractivity (Wildman–Crippen MR) is 119 cm³/mol. The van der Waals surface area contributed by atoms with Gasteiger partial charge in [-0.15, -0.1) is 0 Å². The molecular formula is C24H26ClN3O3. The van der Waals surface area contributed by atoms with Gasteiger partial charge < -0.3 is 19.2 Å². The van der Waals surface area contributed by atoms with E-state index < -0.39 is 5.54 Å². The molecule has 2 aliphatic rings. The molecule has 2 aromatic heterocycles. The molecule has 1 aliphatic heterocycles. The first-order valence-electron chi connectivity index (χ1n) is 10.9. The van der Waals surface area contributed by atoms with Gasteiger partial charge in [-0.05, 0) is 31.4 Å². The molecule has 1 aliphatic carbocycles. The highest BCUT2D eigenvalue weighted by molar-refractivity contribution is 6.31. The summed E-state index contributed by atoms with van der Waals surface area (Å²) in [6.07, 6.45) is 7.05. The molecule has 3 aromatic rings.